The fourth-order valence-corrected chi connectivity index (χ4v) is 3.03. The molecule has 1 aromatic rings. The summed E-state index contributed by atoms with van der Waals surface area (Å²) in [7, 11) is 1.88. The largest absolute Gasteiger partial charge is 0.373 e. The number of hydrogen-bond acceptors (Lipinski definition) is 3. The van der Waals surface area contributed by atoms with Gasteiger partial charge in [0.15, 0.2) is 0 Å². The Kier molecular flexibility index (Phi) is 4.46. The van der Waals surface area contributed by atoms with Gasteiger partial charge < -0.3 is 5.32 Å². The number of anilines is 1. The van der Waals surface area contributed by atoms with Crippen molar-refractivity contribution < 1.29 is 0 Å². The summed E-state index contributed by atoms with van der Waals surface area (Å²) in [5, 5.41) is 3.82. The molecule has 3 nitrogen and oxygen atoms in total. The Balaban J connectivity index is 2.08. The number of nitrogens with zero attached hydrogens (tertiary/aromatic N) is 2. The predicted octanol–water partition coefficient (Wildman–Crippen LogP) is 3.25. The van der Waals surface area contributed by atoms with Crippen molar-refractivity contribution in [3.05, 3.63) is 22.8 Å². The van der Waals surface area contributed by atoms with Gasteiger partial charge in [0.1, 0.15) is 5.82 Å². The van der Waals surface area contributed by atoms with Crippen molar-refractivity contribution in [2.24, 2.45) is 11.8 Å². The lowest BCUT2D eigenvalue weighted by molar-refractivity contribution is 0.133. The van der Waals surface area contributed by atoms with E-state index < -0.39 is 0 Å². The quantitative estimate of drug-likeness (QED) is 0.911. The van der Waals surface area contributed by atoms with Gasteiger partial charge in [0.05, 0.1) is 10.7 Å². The number of pyridine rings is 1. The van der Waals surface area contributed by atoms with Crippen molar-refractivity contribution in [3.8, 4) is 0 Å². The van der Waals surface area contributed by atoms with Crippen molar-refractivity contribution in [3.63, 3.8) is 0 Å². The predicted molar refractivity (Wildman–Crippen MR) is 77.0 cm³/mol. The second-order valence-corrected chi connectivity index (χ2v) is 5.92. The van der Waals surface area contributed by atoms with Crippen molar-refractivity contribution in [1.29, 1.82) is 0 Å². The Bertz CT molecular complexity index is 398. The van der Waals surface area contributed by atoms with E-state index in [1.165, 1.54) is 6.42 Å². The SMILES string of the molecule is CNc1ccc(Cl)c(CN2CC(C)CC(C)C2)n1. The van der Waals surface area contributed by atoms with Gasteiger partial charge in [-0.05, 0) is 30.4 Å². The number of rotatable bonds is 3. The van der Waals surface area contributed by atoms with Crippen LogP contribution < -0.4 is 5.32 Å². The zero-order valence-electron chi connectivity index (χ0n) is 11.4. The van der Waals surface area contributed by atoms with Crippen LogP contribution in [-0.2, 0) is 6.54 Å². The third kappa shape index (κ3) is 3.36. The number of likely N-dealkylation sites (tertiary alicyclic amines) is 1. The highest BCUT2D eigenvalue weighted by Gasteiger charge is 2.22. The molecule has 0 aromatic carbocycles. The molecule has 1 saturated heterocycles. The number of aromatic nitrogens is 1. The zero-order valence-corrected chi connectivity index (χ0v) is 12.2. The average molecular weight is 268 g/mol. The molecule has 1 N–H and O–H groups in total. The first-order chi connectivity index (χ1) is 8.58. The summed E-state index contributed by atoms with van der Waals surface area (Å²) in [5.74, 6) is 2.41. The molecular formula is C14H22ClN3. The smallest absolute Gasteiger partial charge is 0.126 e. The van der Waals surface area contributed by atoms with Crippen molar-refractivity contribution in [2.45, 2.75) is 26.8 Å². The first-order valence-corrected chi connectivity index (χ1v) is 7.01. The van der Waals surface area contributed by atoms with E-state index in [9.17, 15) is 0 Å². The van der Waals surface area contributed by atoms with Crippen molar-refractivity contribution in [2.75, 3.05) is 25.5 Å². The molecule has 2 atom stereocenters. The lowest BCUT2D eigenvalue weighted by Crippen LogP contribution is -2.38. The fraction of sp³-hybridized carbons (Fsp3) is 0.643. The van der Waals surface area contributed by atoms with Gasteiger partial charge in [-0.3, -0.25) is 4.90 Å². The fourth-order valence-electron chi connectivity index (χ4n) is 2.87. The zero-order chi connectivity index (χ0) is 13.1. The molecule has 1 fully saturated rings. The molecule has 0 spiro atoms. The Labute approximate surface area is 115 Å². The molecule has 1 aliphatic rings. The highest BCUT2D eigenvalue weighted by atomic mass is 35.5. The number of halogens is 1. The maximum Gasteiger partial charge on any atom is 0.126 e. The van der Waals surface area contributed by atoms with Crippen LogP contribution in [0.2, 0.25) is 5.02 Å². The summed E-state index contributed by atoms with van der Waals surface area (Å²) in [6, 6.07) is 3.83. The molecular weight excluding hydrogens is 246 g/mol. The Morgan fingerprint density at radius 1 is 1.33 bits per heavy atom. The molecule has 0 amide bonds. The van der Waals surface area contributed by atoms with Crippen LogP contribution >= 0.6 is 11.6 Å². The molecule has 0 saturated carbocycles. The average Bonchev–Trinajstić information content (AvgIpc) is 2.30. The highest BCUT2D eigenvalue weighted by molar-refractivity contribution is 6.31. The second kappa shape index (κ2) is 5.89. The molecule has 2 heterocycles. The maximum absolute atomic E-state index is 6.23. The second-order valence-electron chi connectivity index (χ2n) is 5.52. The molecule has 18 heavy (non-hydrogen) atoms. The first kappa shape index (κ1) is 13.6. The summed E-state index contributed by atoms with van der Waals surface area (Å²) >= 11 is 6.23. The third-order valence-corrected chi connectivity index (χ3v) is 3.84. The van der Waals surface area contributed by atoms with Crippen LogP contribution in [0.25, 0.3) is 0 Å². The van der Waals surface area contributed by atoms with Gasteiger partial charge in [-0.25, -0.2) is 4.98 Å². The minimum atomic E-state index is 0.764. The van der Waals surface area contributed by atoms with Gasteiger partial charge in [-0.15, -0.1) is 0 Å². The number of nitrogens with one attached hydrogen (secondary N) is 1. The topological polar surface area (TPSA) is 28.2 Å². The number of hydrogen-bond donors (Lipinski definition) is 1. The van der Waals surface area contributed by atoms with Crippen LogP contribution in [0.1, 0.15) is 26.0 Å². The van der Waals surface area contributed by atoms with Gasteiger partial charge in [0.2, 0.25) is 0 Å². The third-order valence-electron chi connectivity index (χ3n) is 3.49. The van der Waals surface area contributed by atoms with Gasteiger partial charge in [0, 0.05) is 26.7 Å². The summed E-state index contributed by atoms with van der Waals surface area (Å²) in [5.41, 5.74) is 0.977. The molecule has 2 unspecified atom stereocenters. The van der Waals surface area contributed by atoms with Gasteiger partial charge >= 0.3 is 0 Å². The molecule has 0 aliphatic carbocycles. The first-order valence-electron chi connectivity index (χ1n) is 6.64. The summed E-state index contributed by atoms with van der Waals surface area (Å²) < 4.78 is 0. The monoisotopic (exact) mass is 267 g/mol. The van der Waals surface area contributed by atoms with Gasteiger partial charge in [-0.1, -0.05) is 25.4 Å². The molecule has 1 aromatic heterocycles. The van der Waals surface area contributed by atoms with Crippen LogP contribution in [0.3, 0.4) is 0 Å². The Morgan fingerprint density at radius 2 is 2.00 bits per heavy atom. The lowest BCUT2D eigenvalue weighted by Gasteiger charge is -2.34. The van der Waals surface area contributed by atoms with E-state index >= 15 is 0 Å². The molecule has 2 rings (SSSR count). The normalized spacial score (nSPS) is 25.1. The highest BCUT2D eigenvalue weighted by Crippen LogP contribution is 2.24. The van der Waals surface area contributed by atoms with E-state index in [2.05, 4.69) is 29.0 Å². The van der Waals surface area contributed by atoms with Crippen LogP contribution in [-0.4, -0.2) is 30.0 Å². The van der Waals surface area contributed by atoms with E-state index in [0.717, 1.165) is 48.0 Å². The van der Waals surface area contributed by atoms with Crippen molar-refractivity contribution >= 4 is 17.4 Å². The lowest BCUT2D eigenvalue weighted by atomic mass is 9.92. The van der Waals surface area contributed by atoms with E-state index in [0.29, 0.717) is 0 Å². The van der Waals surface area contributed by atoms with Crippen LogP contribution in [0.4, 0.5) is 5.82 Å². The maximum atomic E-state index is 6.23. The molecule has 0 radical (unpaired) electrons. The van der Waals surface area contributed by atoms with Crippen LogP contribution in [0, 0.1) is 11.8 Å². The minimum Gasteiger partial charge on any atom is -0.373 e. The van der Waals surface area contributed by atoms with E-state index in [-0.39, 0.29) is 0 Å². The van der Waals surface area contributed by atoms with Crippen LogP contribution in [0.5, 0.6) is 0 Å². The molecule has 1 aliphatic heterocycles. The van der Waals surface area contributed by atoms with Crippen LogP contribution in [0.15, 0.2) is 12.1 Å². The minimum absolute atomic E-state index is 0.764. The summed E-state index contributed by atoms with van der Waals surface area (Å²) in [6.07, 6.45) is 1.33. The van der Waals surface area contributed by atoms with E-state index in [1.54, 1.807) is 0 Å². The standard InChI is InChI=1S/C14H22ClN3/c1-10-6-11(2)8-18(7-10)9-13-12(15)4-5-14(16-3)17-13/h4-5,10-11H,6-9H2,1-3H3,(H,16,17). The summed E-state index contributed by atoms with van der Waals surface area (Å²) in [4.78, 5) is 7.01. The Hall–Kier alpha value is -0.800. The van der Waals surface area contributed by atoms with Crippen molar-refractivity contribution in [1.82, 2.24) is 9.88 Å². The molecule has 100 valence electrons. The van der Waals surface area contributed by atoms with E-state index in [4.69, 9.17) is 11.6 Å². The Morgan fingerprint density at radius 3 is 2.61 bits per heavy atom. The number of piperidine rings is 1. The summed E-state index contributed by atoms with van der Waals surface area (Å²) in [6.45, 7) is 7.78. The van der Waals surface area contributed by atoms with Gasteiger partial charge in [-0.2, -0.15) is 0 Å². The molecule has 0 bridgehead atoms. The molecule has 4 heteroatoms. The van der Waals surface area contributed by atoms with Gasteiger partial charge in [0.25, 0.3) is 0 Å². The van der Waals surface area contributed by atoms with E-state index in [1.807, 2.05) is 19.2 Å².